The Morgan fingerprint density at radius 2 is 1.07 bits per heavy atom. The smallest absolute Gasteiger partial charge is 0.0645 e. The highest BCUT2D eigenvalue weighted by Crippen LogP contribution is 2.51. The molecule has 59 heavy (non-hydrogen) atoms. The van der Waals surface area contributed by atoms with E-state index in [4.69, 9.17) is 9.60 Å². The highest BCUT2D eigenvalue weighted by molar-refractivity contribution is 6.11. The Morgan fingerprint density at radius 1 is 0.407 bits per heavy atom. The second kappa shape index (κ2) is 13.9. The molecule has 0 atom stereocenters. The van der Waals surface area contributed by atoms with Crippen LogP contribution in [-0.4, -0.2) is 4.57 Å². The fourth-order valence-corrected chi connectivity index (χ4v) is 8.54. The van der Waals surface area contributed by atoms with Gasteiger partial charge in [0.25, 0.3) is 0 Å². The minimum atomic E-state index is -0.675. The van der Waals surface area contributed by atoms with Gasteiger partial charge in [-0.05, 0) is 111 Å². The van der Waals surface area contributed by atoms with Crippen molar-refractivity contribution in [3.05, 3.63) is 229 Å². The molecule has 0 N–H and O–H groups in total. The SMILES string of the molecule is [2H]c1c(-c2c([2H])c([2H])c([2H])c([2H])c2[2H])cc(N(c2ccc3c(c2)C(C)(C)c2ccccc2-3)c2c([2H])c([2H])c(-c3cc4c5ccccc5n(-c5ccccc5-c5ccccc5)c4c([2H])c3[2H])c([2H])c2[2H])c([2H])c1[2H]. The minimum Gasteiger partial charge on any atom is -0.310 e. The summed E-state index contributed by atoms with van der Waals surface area (Å²) in [7, 11) is 0. The van der Waals surface area contributed by atoms with Crippen LogP contribution in [0.3, 0.4) is 0 Å². The Bertz CT molecular complexity index is 3960. The molecule has 0 saturated carbocycles. The lowest BCUT2D eigenvalue weighted by atomic mass is 9.82. The van der Waals surface area contributed by atoms with Crippen molar-refractivity contribution >= 4 is 38.9 Å². The van der Waals surface area contributed by atoms with Gasteiger partial charge >= 0.3 is 0 Å². The molecule has 1 aromatic heterocycles. The topological polar surface area (TPSA) is 8.17 Å². The molecule has 0 aliphatic heterocycles. The van der Waals surface area contributed by atoms with Crippen LogP contribution >= 0.6 is 0 Å². The van der Waals surface area contributed by atoms with Crippen LogP contribution in [0.15, 0.2) is 218 Å². The van der Waals surface area contributed by atoms with Gasteiger partial charge in [-0.15, -0.1) is 0 Å². The Hall–Kier alpha value is -7.42. The van der Waals surface area contributed by atoms with Gasteiger partial charge in [0.1, 0.15) is 0 Å². The summed E-state index contributed by atoms with van der Waals surface area (Å²) in [4.78, 5) is 1.31. The lowest BCUT2D eigenvalue weighted by Crippen LogP contribution is -2.16. The lowest BCUT2D eigenvalue weighted by molar-refractivity contribution is 0.660. The number of anilines is 3. The third-order valence-electron chi connectivity index (χ3n) is 11.4. The second-order valence-corrected chi connectivity index (χ2v) is 15.1. The predicted octanol–water partition coefficient (Wildman–Crippen LogP) is 15.6. The Kier molecular flexibility index (Phi) is 5.44. The summed E-state index contributed by atoms with van der Waals surface area (Å²) in [6.45, 7) is 4.10. The molecule has 1 aliphatic carbocycles. The van der Waals surface area contributed by atoms with Crippen LogP contribution in [0.1, 0.15) is 44.2 Å². The fourth-order valence-electron chi connectivity index (χ4n) is 8.54. The molecule has 2 nitrogen and oxygen atoms in total. The van der Waals surface area contributed by atoms with Crippen LogP contribution in [0.5, 0.6) is 0 Å². The molecule has 0 radical (unpaired) electrons. The maximum Gasteiger partial charge on any atom is 0.0645 e. The van der Waals surface area contributed by atoms with E-state index < -0.39 is 77.9 Å². The maximum absolute atomic E-state index is 9.84. The third-order valence-corrected chi connectivity index (χ3v) is 11.4. The summed E-state index contributed by atoms with van der Waals surface area (Å²) < 4.78 is 131. The molecule has 0 unspecified atom stereocenters. The standard InChI is InChI=1S/C57H42N2/c1-57(2)52-25-12-9-23-48(52)49-34-33-46(38-53(49)57)58(45-21-15-20-42(36-45)39-16-5-3-6-17-39)44-31-28-40(29-32-44)43-30-35-56-51(37-43)50-24-11-14-27-55(50)59(56)54-26-13-10-22-47(54)41-18-7-4-8-19-41/h3-38H,1-2H3/i3D,5D,6D,15D,16D,17D,20D,21D,28D,29D,30D,31D,32D,35D. The number of hydrogen-bond acceptors (Lipinski definition) is 1. The van der Waals surface area contributed by atoms with Gasteiger partial charge in [-0.25, -0.2) is 0 Å². The largest absolute Gasteiger partial charge is 0.310 e. The average molecular weight is 769 g/mol. The van der Waals surface area contributed by atoms with Gasteiger partial charge in [-0.2, -0.15) is 0 Å². The van der Waals surface area contributed by atoms with Crippen molar-refractivity contribution in [3.63, 3.8) is 0 Å². The van der Waals surface area contributed by atoms with Crippen molar-refractivity contribution in [2.24, 2.45) is 0 Å². The van der Waals surface area contributed by atoms with Gasteiger partial charge in [-0.1, -0.05) is 171 Å². The zero-order valence-electron chi connectivity index (χ0n) is 46.1. The van der Waals surface area contributed by atoms with Crippen LogP contribution in [-0.2, 0) is 5.41 Å². The molecule has 2 heteroatoms. The quantitative estimate of drug-likeness (QED) is 0.157. The Labute approximate surface area is 365 Å². The molecule has 1 aliphatic rings. The van der Waals surface area contributed by atoms with Gasteiger partial charge in [0.2, 0.25) is 0 Å². The van der Waals surface area contributed by atoms with Gasteiger partial charge < -0.3 is 9.47 Å². The van der Waals surface area contributed by atoms with Crippen molar-refractivity contribution in [1.29, 1.82) is 0 Å². The van der Waals surface area contributed by atoms with Gasteiger partial charge in [0.15, 0.2) is 0 Å². The molecule has 1 heterocycles. The first-order valence-electron chi connectivity index (χ1n) is 26.4. The summed E-state index contributed by atoms with van der Waals surface area (Å²) in [5, 5.41) is 1.29. The molecule has 9 aromatic carbocycles. The van der Waals surface area contributed by atoms with Gasteiger partial charge in [-0.3, -0.25) is 0 Å². The number of benzene rings is 9. The van der Waals surface area contributed by atoms with Crippen LogP contribution in [0.25, 0.3) is 72.0 Å². The average Bonchev–Trinajstić information content (AvgIpc) is 3.85. The van der Waals surface area contributed by atoms with Crippen molar-refractivity contribution in [1.82, 2.24) is 4.57 Å². The van der Waals surface area contributed by atoms with Crippen LogP contribution in [0, 0.1) is 0 Å². The molecule has 0 amide bonds. The van der Waals surface area contributed by atoms with E-state index >= 15 is 0 Å². The van der Waals surface area contributed by atoms with Crippen LogP contribution in [0.2, 0.25) is 0 Å². The molecule has 11 rings (SSSR count). The Balaban J connectivity index is 1.17. The molecule has 10 aromatic rings. The van der Waals surface area contributed by atoms with E-state index in [9.17, 15) is 9.60 Å². The number of rotatable bonds is 7. The summed E-state index contributed by atoms with van der Waals surface area (Å²) >= 11 is 0. The van der Waals surface area contributed by atoms with E-state index in [2.05, 4.69) is 13.8 Å². The number of para-hydroxylation sites is 2. The van der Waals surface area contributed by atoms with Gasteiger partial charge in [0.05, 0.1) is 35.9 Å². The van der Waals surface area contributed by atoms with Crippen molar-refractivity contribution in [2.75, 3.05) is 4.90 Å². The van der Waals surface area contributed by atoms with E-state index in [0.717, 1.165) is 50.0 Å². The summed E-state index contributed by atoms with van der Waals surface area (Å²) in [6.07, 6.45) is 0. The maximum atomic E-state index is 9.84. The molecule has 0 bridgehead atoms. The minimum absolute atomic E-state index is 0.0134. The highest BCUT2D eigenvalue weighted by Gasteiger charge is 2.35. The first kappa shape index (κ1) is 23.1. The summed E-state index contributed by atoms with van der Waals surface area (Å²) in [6, 6.07) is 33.5. The molecular weight excluding hydrogens is 713 g/mol. The zero-order chi connectivity index (χ0) is 51.7. The predicted molar refractivity (Wildman–Crippen MR) is 249 cm³/mol. The van der Waals surface area contributed by atoms with Crippen molar-refractivity contribution in [3.8, 4) is 50.2 Å². The summed E-state index contributed by atoms with van der Waals surface area (Å²) in [5.41, 5.74) is 5.74. The molecule has 280 valence electrons. The van der Waals surface area contributed by atoms with Gasteiger partial charge in [0, 0.05) is 38.8 Å². The van der Waals surface area contributed by atoms with Crippen LogP contribution < -0.4 is 4.90 Å². The van der Waals surface area contributed by atoms with E-state index in [-0.39, 0.29) is 51.4 Å². The number of nitrogens with zero attached hydrogens (tertiary/aromatic N) is 2. The van der Waals surface area contributed by atoms with E-state index in [0.29, 0.717) is 10.9 Å². The van der Waals surface area contributed by atoms with E-state index in [1.54, 1.807) is 12.1 Å². The molecular formula is C57H42N2. The zero-order valence-corrected chi connectivity index (χ0v) is 32.1. The van der Waals surface area contributed by atoms with Crippen LogP contribution in [0.4, 0.5) is 17.1 Å². The van der Waals surface area contributed by atoms with Crippen molar-refractivity contribution in [2.45, 2.75) is 19.3 Å². The molecule has 0 spiro atoms. The van der Waals surface area contributed by atoms with E-state index in [1.165, 1.54) is 11.0 Å². The number of aromatic nitrogens is 1. The highest BCUT2D eigenvalue weighted by atomic mass is 15.1. The Morgan fingerprint density at radius 3 is 1.92 bits per heavy atom. The second-order valence-electron chi connectivity index (χ2n) is 15.1. The molecule has 0 saturated heterocycles. The van der Waals surface area contributed by atoms with Crippen molar-refractivity contribution < 1.29 is 19.2 Å². The molecule has 0 fully saturated rings. The normalized spacial score (nSPS) is 16.0. The van der Waals surface area contributed by atoms with E-state index in [1.807, 2.05) is 120 Å². The third kappa shape index (κ3) is 5.79. The fraction of sp³-hybridized carbons (Fsp3) is 0.0526. The lowest BCUT2D eigenvalue weighted by Gasteiger charge is -2.28. The number of hydrogen-bond donors (Lipinski definition) is 0. The number of fused-ring (bicyclic) bond motifs is 6. The monoisotopic (exact) mass is 768 g/mol. The first-order valence-corrected chi connectivity index (χ1v) is 19.4. The first-order chi connectivity index (χ1) is 34.9. The summed E-state index contributed by atoms with van der Waals surface area (Å²) in [5.74, 6) is 0.